The van der Waals surface area contributed by atoms with E-state index in [1.165, 1.54) is 32.4 Å². The summed E-state index contributed by atoms with van der Waals surface area (Å²) < 4.78 is 0. The second-order valence-electron chi connectivity index (χ2n) is 6.04. The summed E-state index contributed by atoms with van der Waals surface area (Å²) in [4.78, 5) is 2.61. The molecular weight excluding hydrogens is 170 g/mol. The molecular formula is C13H27N. The standard InChI is InChI=1S/C13H27N/c1-11(2)10-13(5)6-8-14(9-7-13)12(3)4/h11-12H,6-10H2,1-5H3. The summed E-state index contributed by atoms with van der Waals surface area (Å²) in [5, 5.41) is 0. The minimum Gasteiger partial charge on any atom is -0.301 e. The molecule has 0 spiro atoms. The van der Waals surface area contributed by atoms with Crippen molar-refractivity contribution in [2.24, 2.45) is 11.3 Å². The zero-order valence-electron chi connectivity index (χ0n) is 10.6. The van der Waals surface area contributed by atoms with E-state index in [4.69, 9.17) is 0 Å². The lowest BCUT2D eigenvalue weighted by Crippen LogP contribution is -2.42. The third-order valence-electron chi connectivity index (χ3n) is 3.64. The average molecular weight is 197 g/mol. The zero-order chi connectivity index (χ0) is 10.8. The molecule has 0 radical (unpaired) electrons. The number of piperidine rings is 1. The Morgan fingerprint density at radius 2 is 1.57 bits per heavy atom. The maximum Gasteiger partial charge on any atom is 0.00385 e. The first-order chi connectivity index (χ1) is 6.43. The number of hydrogen-bond donors (Lipinski definition) is 0. The topological polar surface area (TPSA) is 3.24 Å². The summed E-state index contributed by atoms with van der Waals surface area (Å²) in [7, 11) is 0. The van der Waals surface area contributed by atoms with Crippen molar-refractivity contribution in [3.63, 3.8) is 0 Å². The molecule has 1 saturated heterocycles. The zero-order valence-corrected chi connectivity index (χ0v) is 10.6. The van der Waals surface area contributed by atoms with Crippen LogP contribution in [0.4, 0.5) is 0 Å². The van der Waals surface area contributed by atoms with Crippen LogP contribution >= 0.6 is 0 Å². The Bertz CT molecular complexity index is 164. The predicted molar refractivity (Wildman–Crippen MR) is 63.5 cm³/mol. The fraction of sp³-hybridized carbons (Fsp3) is 1.00. The molecule has 0 aromatic rings. The summed E-state index contributed by atoms with van der Waals surface area (Å²) in [6.45, 7) is 14.4. The molecule has 0 unspecified atom stereocenters. The number of nitrogens with zero attached hydrogens (tertiary/aromatic N) is 1. The molecule has 0 atom stereocenters. The fourth-order valence-electron chi connectivity index (χ4n) is 2.77. The van der Waals surface area contributed by atoms with Gasteiger partial charge in [0.05, 0.1) is 0 Å². The van der Waals surface area contributed by atoms with Gasteiger partial charge in [-0.15, -0.1) is 0 Å². The minimum absolute atomic E-state index is 0.625. The lowest BCUT2D eigenvalue weighted by atomic mass is 9.74. The summed E-state index contributed by atoms with van der Waals surface area (Å²) in [5.74, 6) is 0.852. The molecule has 0 amide bonds. The number of rotatable bonds is 3. The molecule has 1 rings (SSSR count). The van der Waals surface area contributed by atoms with E-state index in [0.717, 1.165) is 12.0 Å². The molecule has 0 aliphatic carbocycles. The van der Waals surface area contributed by atoms with Crippen LogP contribution in [0.25, 0.3) is 0 Å². The molecule has 0 bridgehead atoms. The molecule has 0 aromatic heterocycles. The Morgan fingerprint density at radius 3 is 1.93 bits per heavy atom. The van der Waals surface area contributed by atoms with E-state index in [9.17, 15) is 0 Å². The number of hydrogen-bond acceptors (Lipinski definition) is 1. The van der Waals surface area contributed by atoms with Gasteiger partial charge in [-0.1, -0.05) is 20.8 Å². The third kappa shape index (κ3) is 3.27. The van der Waals surface area contributed by atoms with Crippen molar-refractivity contribution in [2.45, 2.75) is 59.9 Å². The lowest BCUT2D eigenvalue weighted by Gasteiger charge is -2.42. The lowest BCUT2D eigenvalue weighted by molar-refractivity contribution is 0.0796. The predicted octanol–water partition coefficient (Wildman–Crippen LogP) is 3.54. The SMILES string of the molecule is CC(C)CC1(C)CCN(C(C)C)CC1. The molecule has 14 heavy (non-hydrogen) atoms. The van der Waals surface area contributed by atoms with Crippen molar-refractivity contribution in [2.75, 3.05) is 13.1 Å². The third-order valence-corrected chi connectivity index (χ3v) is 3.64. The summed E-state index contributed by atoms with van der Waals surface area (Å²) in [6, 6.07) is 0.735. The van der Waals surface area contributed by atoms with E-state index in [2.05, 4.69) is 39.5 Å². The van der Waals surface area contributed by atoms with Crippen LogP contribution in [0.3, 0.4) is 0 Å². The van der Waals surface area contributed by atoms with Crippen LogP contribution in [0.15, 0.2) is 0 Å². The monoisotopic (exact) mass is 197 g/mol. The van der Waals surface area contributed by atoms with Gasteiger partial charge in [0.15, 0.2) is 0 Å². The second kappa shape index (κ2) is 4.65. The van der Waals surface area contributed by atoms with E-state index in [0.29, 0.717) is 5.41 Å². The largest absolute Gasteiger partial charge is 0.301 e. The second-order valence-corrected chi connectivity index (χ2v) is 6.04. The molecule has 1 heteroatoms. The molecule has 0 saturated carbocycles. The molecule has 1 aliphatic rings. The van der Waals surface area contributed by atoms with E-state index in [1.807, 2.05) is 0 Å². The van der Waals surface area contributed by atoms with Gasteiger partial charge < -0.3 is 4.90 Å². The first kappa shape index (κ1) is 12.0. The van der Waals surface area contributed by atoms with Gasteiger partial charge in [0, 0.05) is 6.04 Å². The van der Waals surface area contributed by atoms with Gasteiger partial charge in [0.2, 0.25) is 0 Å². The van der Waals surface area contributed by atoms with Crippen molar-refractivity contribution in [3.8, 4) is 0 Å². The van der Waals surface area contributed by atoms with Crippen molar-refractivity contribution in [1.82, 2.24) is 4.90 Å². The van der Waals surface area contributed by atoms with Gasteiger partial charge >= 0.3 is 0 Å². The van der Waals surface area contributed by atoms with Gasteiger partial charge in [0.25, 0.3) is 0 Å². The quantitative estimate of drug-likeness (QED) is 0.669. The molecule has 1 fully saturated rings. The Balaban J connectivity index is 2.41. The van der Waals surface area contributed by atoms with Crippen LogP contribution in [0, 0.1) is 11.3 Å². The smallest absolute Gasteiger partial charge is 0.00385 e. The first-order valence-electron chi connectivity index (χ1n) is 6.17. The molecule has 1 aliphatic heterocycles. The van der Waals surface area contributed by atoms with Crippen molar-refractivity contribution < 1.29 is 0 Å². The van der Waals surface area contributed by atoms with E-state index in [1.54, 1.807) is 0 Å². The van der Waals surface area contributed by atoms with Gasteiger partial charge in [0.1, 0.15) is 0 Å². The minimum atomic E-state index is 0.625. The highest BCUT2D eigenvalue weighted by molar-refractivity contribution is 4.84. The van der Waals surface area contributed by atoms with Gasteiger partial charge in [-0.25, -0.2) is 0 Å². The number of likely N-dealkylation sites (tertiary alicyclic amines) is 1. The van der Waals surface area contributed by atoms with E-state index < -0.39 is 0 Å². The van der Waals surface area contributed by atoms with Gasteiger partial charge in [-0.05, 0) is 57.5 Å². The van der Waals surface area contributed by atoms with Crippen LogP contribution in [0.2, 0.25) is 0 Å². The molecule has 1 heterocycles. The summed E-state index contributed by atoms with van der Waals surface area (Å²) in [6.07, 6.45) is 4.19. The van der Waals surface area contributed by atoms with Gasteiger partial charge in [-0.3, -0.25) is 0 Å². The normalized spacial score (nSPS) is 23.4. The molecule has 0 N–H and O–H groups in total. The highest BCUT2D eigenvalue weighted by Gasteiger charge is 2.31. The highest BCUT2D eigenvalue weighted by Crippen LogP contribution is 2.37. The van der Waals surface area contributed by atoms with Crippen LogP contribution < -0.4 is 0 Å². The van der Waals surface area contributed by atoms with Crippen molar-refractivity contribution in [1.29, 1.82) is 0 Å². The fourth-order valence-corrected chi connectivity index (χ4v) is 2.77. The molecule has 1 nitrogen and oxygen atoms in total. The van der Waals surface area contributed by atoms with Crippen LogP contribution in [-0.4, -0.2) is 24.0 Å². The van der Waals surface area contributed by atoms with Crippen LogP contribution in [0.1, 0.15) is 53.9 Å². The summed E-state index contributed by atoms with van der Waals surface area (Å²) in [5.41, 5.74) is 0.625. The van der Waals surface area contributed by atoms with Crippen molar-refractivity contribution >= 4 is 0 Å². The van der Waals surface area contributed by atoms with Crippen LogP contribution in [-0.2, 0) is 0 Å². The Hall–Kier alpha value is -0.0400. The van der Waals surface area contributed by atoms with Crippen LogP contribution in [0.5, 0.6) is 0 Å². The maximum atomic E-state index is 2.61. The Labute approximate surface area is 89.9 Å². The van der Waals surface area contributed by atoms with E-state index >= 15 is 0 Å². The van der Waals surface area contributed by atoms with E-state index in [-0.39, 0.29) is 0 Å². The first-order valence-corrected chi connectivity index (χ1v) is 6.17. The average Bonchev–Trinajstić information content (AvgIpc) is 2.02. The maximum absolute atomic E-state index is 2.61. The molecule has 0 aromatic carbocycles. The summed E-state index contributed by atoms with van der Waals surface area (Å²) >= 11 is 0. The Kier molecular flexibility index (Phi) is 4.00. The Morgan fingerprint density at radius 1 is 1.07 bits per heavy atom. The van der Waals surface area contributed by atoms with Crippen molar-refractivity contribution in [3.05, 3.63) is 0 Å². The molecule has 84 valence electrons. The highest BCUT2D eigenvalue weighted by atomic mass is 15.1. The van der Waals surface area contributed by atoms with Gasteiger partial charge in [-0.2, -0.15) is 0 Å².